The fourth-order valence-electron chi connectivity index (χ4n) is 3.39. The number of benzene rings is 1. The van der Waals surface area contributed by atoms with Gasteiger partial charge in [-0.05, 0) is 49.8 Å². The van der Waals surface area contributed by atoms with Crippen molar-refractivity contribution in [1.29, 1.82) is 0 Å². The fraction of sp³-hybridized carbons (Fsp3) is 0.542. The number of aromatic hydroxyl groups is 1. The van der Waals surface area contributed by atoms with Crippen molar-refractivity contribution in [2.45, 2.75) is 70.6 Å². The summed E-state index contributed by atoms with van der Waals surface area (Å²) in [7, 11) is 0. The molecule has 0 saturated carbocycles. The van der Waals surface area contributed by atoms with Crippen LogP contribution in [0.3, 0.4) is 0 Å². The summed E-state index contributed by atoms with van der Waals surface area (Å²) in [5, 5.41) is 26.3. The molecule has 1 aromatic rings. The third-order valence-electron chi connectivity index (χ3n) is 5.38. The standard InChI is InChI=1S/C24H39N7O6/c1-13(2)11-17(25)20(33)31-19(12-15-6-8-16(32)9-7-15)22(35)30-18(5-4-10-28-24(26)27)21(34)29-14(3)23(36)37/h6-9,13-14,17-19,32H,4-5,10-12,25H2,1-3H3,(H,29,34)(H,30,35)(H,31,33)(H,36,37)(H4,26,27,28). The van der Waals surface area contributed by atoms with Crippen LogP contribution in [0.4, 0.5) is 0 Å². The van der Waals surface area contributed by atoms with Crippen LogP contribution in [-0.2, 0) is 25.6 Å². The number of carboxylic acids is 1. The molecule has 0 saturated heterocycles. The highest BCUT2D eigenvalue weighted by molar-refractivity contribution is 5.94. The zero-order chi connectivity index (χ0) is 28.1. The average Bonchev–Trinajstić information content (AvgIpc) is 2.80. The van der Waals surface area contributed by atoms with Gasteiger partial charge in [0, 0.05) is 13.0 Å². The number of rotatable bonds is 15. The van der Waals surface area contributed by atoms with Crippen molar-refractivity contribution in [3.05, 3.63) is 29.8 Å². The number of nitrogens with zero attached hydrogens (tertiary/aromatic N) is 1. The van der Waals surface area contributed by atoms with Crippen LogP contribution in [0.25, 0.3) is 0 Å². The molecule has 13 heteroatoms. The SMILES string of the molecule is CC(C)CC(N)C(=O)NC(Cc1ccc(O)cc1)C(=O)NC(CCCN=C(N)N)C(=O)NC(C)C(=O)O. The van der Waals surface area contributed by atoms with Crippen molar-refractivity contribution in [1.82, 2.24) is 16.0 Å². The molecule has 11 N–H and O–H groups in total. The Morgan fingerprint density at radius 2 is 1.49 bits per heavy atom. The minimum atomic E-state index is -1.24. The van der Waals surface area contributed by atoms with E-state index in [4.69, 9.17) is 22.3 Å². The second kappa shape index (κ2) is 15.3. The normalized spacial score (nSPS) is 14.1. The topological polar surface area (TPSA) is 235 Å². The number of carbonyl (C=O) groups excluding carboxylic acids is 3. The van der Waals surface area contributed by atoms with Crippen molar-refractivity contribution >= 4 is 29.7 Å². The number of nitrogens with two attached hydrogens (primary N) is 3. The maximum Gasteiger partial charge on any atom is 0.325 e. The molecule has 0 bridgehead atoms. The number of hydrogen-bond donors (Lipinski definition) is 8. The number of carbonyl (C=O) groups is 4. The molecule has 1 aromatic carbocycles. The number of hydrogen-bond acceptors (Lipinski definition) is 7. The summed E-state index contributed by atoms with van der Waals surface area (Å²) in [5.74, 6) is -3.07. The molecule has 4 atom stereocenters. The van der Waals surface area contributed by atoms with Crippen LogP contribution in [0.2, 0.25) is 0 Å². The second-order valence-corrected chi connectivity index (χ2v) is 9.25. The number of phenols is 1. The Labute approximate surface area is 216 Å². The van der Waals surface area contributed by atoms with Gasteiger partial charge in [0.25, 0.3) is 0 Å². The van der Waals surface area contributed by atoms with E-state index in [0.717, 1.165) is 0 Å². The van der Waals surface area contributed by atoms with Crippen LogP contribution in [-0.4, -0.2) is 70.6 Å². The van der Waals surface area contributed by atoms with E-state index in [9.17, 15) is 24.3 Å². The van der Waals surface area contributed by atoms with Gasteiger partial charge in [-0.25, -0.2) is 0 Å². The van der Waals surface area contributed by atoms with Gasteiger partial charge in [-0.15, -0.1) is 0 Å². The number of carboxylic acid groups (broad SMARTS) is 1. The number of phenolic OH excluding ortho intramolecular Hbond substituents is 1. The Morgan fingerprint density at radius 1 is 0.919 bits per heavy atom. The van der Waals surface area contributed by atoms with Gasteiger partial charge < -0.3 is 43.4 Å². The molecule has 0 radical (unpaired) electrons. The van der Waals surface area contributed by atoms with E-state index in [1.54, 1.807) is 12.1 Å². The van der Waals surface area contributed by atoms with Gasteiger partial charge in [-0.2, -0.15) is 0 Å². The lowest BCUT2D eigenvalue weighted by molar-refractivity contribution is -0.141. The predicted molar refractivity (Wildman–Crippen MR) is 138 cm³/mol. The number of aliphatic imine (C=N–C) groups is 1. The molecule has 0 spiro atoms. The van der Waals surface area contributed by atoms with Gasteiger partial charge in [0.1, 0.15) is 23.9 Å². The Morgan fingerprint density at radius 3 is 2.03 bits per heavy atom. The van der Waals surface area contributed by atoms with Crippen LogP contribution in [0, 0.1) is 5.92 Å². The lowest BCUT2D eigenvalue weighted by Crippen LogP contribution is -2.57. The highest BCUT2D eigenvalue weighted by Crippen LogP contribution is 2.12. The second-order valence-electron chi connectivity index (χ2n) is 9.25. The lowest BCUT2D eigenvalue weighted by Gasteiger charge is -2.25. The monoisotopic (exact) mass is 521 g/mol. The molecule has 13 nitrogen and oxygen atoms in total. The van der Waals surface area contributed by atoms with Gasteiger partial charge in [-0.1, -0.05) is 26.0 Å². The highest BCUT2D eigenvalue weighted by atomic mass is 16.4. The largest absolute Gasteiger partial charge is 0.508 e. The molecule has 1 rings (SSSR count). The molecule has 4 unspecified atom stereocenters. The Balaban J connectivity index is 3.11. The third kappa shape index (κ3) is 12.1. The van der Waals surface area contributed by atoms with E-state index in [2.05, 4.69) is 20.9 Å². The summed E-state index contributed by atoms with van der Waals surface area (Å²) in [5.41, 5.74) is 17.3. The third-order valence-corrected chi connectivity index (χ3v) is 5.38. The first kappa shape index (κ1) is 31.2. The van der Waals surface area contributed by atoms with Gasteiger partial charge in [0.05, 0.1) is 6.04 Å². The zero-order valence-corrected chi connectivity index (χ0v) is 21.4. The first-order valence-electron chi connectivity index (χ1n) is 12.0. The molecule has 0 aliphatic rings. The Kier molecular flexibility index (Phi) is 12.9. The first-order valence-corrected chi connectivity index (χ1v) is 12.0. The van der Waals surface area contributed by atoms with Crippen LogP contribution in [0.15, 0.2) is 29.3 Å². The summed E-state index contributed by atoms with van der Waals surface area (Å²) in [4.78, 5) is 53.8. The first-order chi connectivity index (χ1) is 17.3. The predicted octanol–water partition coefficient (Wildman–Crippen LogP) is -1.08. The summed E-state index contributed by atoms with van der Waals surface area (Å²) >= 11 is 0. The Bertz CT molecular complexity index is 947. The van der Waals surface area contributed by atoms with Gasteiger partial charge >= 0.3 is 5.97 Å². The minimum absolute atomic E-state index is 0.0396. The molecular weight excluding hydrogens is 482 g/mol. The van der Waals surface area contributed by atoms with Crippen LogP contribution >= 0.6 is 0 Å². The van der Waals surface area contributed by atoms with Crippen LogP contribution in [0.5, 0.6) is 5.75 Å². The smallest absolute Gasteiger partial charge is 0.325 e. The van der Waals surface area contributed by atoms with Crippen molar-refractivity contribution in [2.75, 3.05) is 6.54 Å². The number of nitrogens with one attached hydrogen (secondary N) is 3. The van der Waals surface area contributed by atoms with E-state index >= 15 is 0 Å². The fourth-order valence-corrected chi connectivity index (χ4v) is 3.39. The molecule has 206 valence electrons. The molecule has 0 aliphatic heterocycles. The molecule has 0 fully saturated rings. The van der Waals surface area contributed by atoms with E-state index < -0.39 is 47.9 Å². The molecule has 0 heterocycles. The Hall–Kier alpha value is -3.87. The van der Waals surface area contributed by atoms with Crippen LogP contribution in [0.1, 0.15) is 45.6 Å². The maximum absolute atomic E-state index is 13.3. The minimum Gasteiger partial charge on any atom is -0.508 e. The molecule has 3 amide bonds. The number of aliphatic carboxylic acids is 1. The summed E-state index contributed by atoms with van der Waals surface area (Å²) in [6, 6.07) is 1.85. The van der Waals surface area contributed by atoms with Gasteiger partial charge in [-0.3, -0.25) is 24.2 Å². The molecular formula is C24H39N7O6. The van der Waals surface area contributed by atoms with Crippen LogP contribution < -0.4 is 33.2 Å². The summed E-state index contributed by atoms with van der Waals surface area (Å²) in [6.07, 6.45) is 0.877. The van der Waals surface area contributed by atoms with Crippen molar-refractivity contribution in [3.8, 4) is 5.75 Å². The average molecular weight is 522 g/mol. The van der Waals surface area contributed by atoms with Crippen molar-refractivity contribution < 1.29 is 29.4 Å². The van der Waals surface area contributed by atoms with Gasteiger partial charge in [0.15, 0.2) is 5.96 Å². The van der Waals surface area contributed by atoms with Crippen molar-refractivity contribution in [2.24, 2.45) is 28.1 Å². The van der Waals surface area contributed by atoms with Gasteiger partial charge in [0.2, 0.25) is 17.7 Å². The quantitative estimate of drug-likeness (QED) is 0.0794. The zero-order valence-electron chi connectivity index (χ0n) is 21.4. The van der Waals surface area contributed by atoms with E-state index in [0.29, 0.717) is 18.4 Å². The van der Waals surface area contributed by atoms with E-state index in [1.807, 2.05) is 13.8 Å². The summed E-state index contributed by atoms with van der Waals surface area (Å²) < 4.78 is 0. The summed E-state index contributed by atoms with van der Waals surface area (Å²) in [6.45, 7) is 5.31. The van der Waals surface area contributed by atoms with Crippen molar-refractivity contribution in [3.63, 3.8) is 0 Å². The van der Waals surface area contributed by atoms with E-state index in [1.165, 1.54) is 19.1 Å². The lowest BCUT2D eigenvalue weighted by atomic mass is 10.0. The highest BCUT2D eigenvalue weighted by Gasteiger charge is 2.29. The van der Waals surface area contributed by atoms with E-state index in [-0.39, 0.29) is 37.0 Å². The maximum atomic E-state index is 13.3. The molecule has 0 aliphatic carbocycles. The molecule has 37 heavy (non-hydrogen) atoms. The number of amides is 3. The number of guanidine groups is 1. The molecule has 0 aromatic heterocycles.